The van der Waals surface area contributed by atoms with E-state index in [0.29, 0.717) is 23.6 Å². The number of fused-ring (bicyclic) bond motifs is 3. The zero-order chi connectivity index (χ0) is 22.3. The topological polar surface area (TPSA) is 126 Å². The van der Waals surface area contributed by atoms with E-state index in [-0.39, 0.29) is 6.79 Å². The summed E-state index contributed by atoms with van der Waals surface area (Å²) in [5.41, 5.74) is 0.989. The number of carbonyl (C=O) groups excluding carboxylic acids is 4. The van der Waals surface area contributed by atoms with Crippen LogP contribution in [0.3, 0.4) is 0 Å². The minimum atomic E-state index is -1.17. The molecule has 2 aromatic rings. The van der Waals surface area contributed by atoms with Gasteiger partial charge < -0.3 is 20.1 Å². The fourth-order valence-corrected chi connectivity index (χ4v) is 4.40. The summed E-state index contributed by atoms with van der Waals surface area (Å²) in [4.78, 5) is 51.2. The molecule has 1 unspecified atom stereocenters. The maximum absolute atomic E-state index is 13.2. The molecule has 0 bridgehead atoms. The molecule has 5 rings (SSSR count). The van der Waals surface area contributed by atoms with Crippen LogP contribution in [-0.2, 0) is 21.5 Å². The summed E-state index contributed by atoms with van der Waals surface area (Å²) in [6.07, 6.45) is 2.01. The van der Waals surface area contributed by atoms with Gasteiger partial charge >= 0.3 is 12.1 Å². The average molecular weight is 436 g/mol. The second-order valence-electron chi connectivity index (χ2n) is 7.81. The van der Waals surface area contributed by atoms with E-state index in [1.165, 1.54) is 0 Å². The Balaban J connectivity index is 1.24. The van der Waals surface area contributed by atoms with Crippen molar-refractivity contribution in [2.45, 2.75) is 24.8 Å². The lowest BCUT2D eigenvalue weighted by molar-refractivity contribution is -0.135. The molecule has 0 radical (unpaired) electrons. The SMILES string of the molecule is O=C(CN1C(=O)NC2(CCCc3ccccc32)C1=O)NC(=O)Nc1ccc2c(c1)OCO2. The highest BCUT2D eigenvalue weighted by Gasteiger charge is 2.54. The Hall–Kier alpha value is -4.08. The Bertz CT molecular complexity index is 1150. The van der Waals surface area contributed by atoms with Gasteiger partial charge in [-0.3, -0.25) is 19.8 Å². The molecule has 10 nitrogen and oxygen atoms in total. The van der Waals surface area contributed by atoms with Crippen LogP contribution < -0.4 is 25.4 Å². The van der Waals surface area contributed by atoms with Crippen molar-refractivity contribution >= 4 is 29.6 Å². The molecule has 2 aliphatic heterocycles. The van der Waals surface area contributed by atoms with Crippen LogP contribution in [0.5, 0.6) is 11.5 Å². The summed E-state index contributed by atoms with van der Waals surface area (Å²) < 4.78 is 10.5. The summed E-state index contributed by atoms with van der Waals surface area (Å²) in [5, 5.41) is 7.43. The first-order valence-corrected chi connectivity index (χ1v) is 10.2. The van der Waals surface area contributed by atoms with Crippen LogP contribution in [0.2, 0.25) is 0 Å². The van der Waals surface area contributed by atoms with Crippen molar-refractivity contribution in [3.63, 3.8) is 0 Å². The second-order valence-corrected chi connectivity index (χ2v) is 7.81. The highest BCUT2D eigenvalue weighted by atomic mass is 16.7. The molecule has 6 amide bonds. The van der Waals surface area contributed by atoms with Crippen LogP contribution in [0, 0.1) is 0 Å². The number of anilines is 1. The van der Waals surface area contributed by atoms with Gasteiger partial charge in [0.15, 0.2) is 11.5 Å². The van der Waals surface area contributed by atoms with E-state index in [9.17, 15) is 19.2 Å². The van der Waals surface area contributed by atoms with Gasteiger partial charge in [-0.05, 0) is 42.5 Å². The molecule has 0 saturated carbocycles. The quantitative estimate of drug-likeness (QED) is 0.631. The molecule has 10 heteroatoms. The average Bonchev–Trinajstić information content (AvgIpc) is 3.32. The van der Waals surface area contributed by atoms with Crippen LogP contribution in [0.1, 0.15) is 24.0 Å². The largest absolute Gasteiger partial charge is 0.454 e. The van der Waals surface area contributed by atoms with Gasteiger partial charge in [0.1, 0.15) is 12.1 Å². The Labute approximate surface area is 182 Å². The zero-order valence-corrected chi connectivity index (χ0v) is 17.0. The molecule has 1 saturated heterocycles. The Morgan fingerprint density at radius 2 is 1.91 bits per heavy atom. The highest BCUT2D eigenvalue weighted by molar-refractivity contribution is 6.11. The van der Waals surface area contributed by atoms with Crippen LogP contribution in [0.4, 0.5) is 15.3 Å². The first-order chi connectivity index (χ1) is 15.5. The molecule has 2 aromatic carbocycles. The molecule has 3 N–H and O–H groups in total. The number of urea groups is 2. The third-order valence-electron chi connectivity index (χ3n) is 5.84. The van der Waals surface area contributed by atoms with Gasteiger partial charge in [-0.2, -0.15) is 0 Å². The van der Waals surface area contributed by atoms with Crippen LogP contribution in [0.15, 0.2) is 42.5 Å². The maximum atomic E-state index is 13.2. The van der Waals surface area contributed by atoms with Crippen molar-refractivity contribution in [3.8, 4) is 11.5 Å². The van der Waals surface area contributed by atoms with Crippen molar-refractivity contribution in [2.75, 3.05) is 18.7 Å². The maximum Gasteiger partial charge on any atom is 0.325 e. The van der Waals surface area contributed by atoms with Crippen molar-refractivity contribution in [1.29, 1.82) is 0 Å². The van der Waals surface area contributed by atoms with E-state index in [0.717, 1.165) is 28.9 Å². The number of imide groups is 2. The molecule has 1 aliphatic carbocycles. The third kappa shape index (κ3) is 3.29. The monoisotopic (exact) mass is 436 g/mol. The fraction of sp³-hybridized carbons (Fsp3) is 0.273. The predicted octanol–water partition coefficient (Wildman–Crippen LogP) is 1.85. The van der Waals surface area contributed by atoms with Gasteiger partial charge in [-0.1, -0.05) is 24.3 Å². The summed E-state index contributed by atoms with van der Waals surface area (Å²) in [5.74, 6) is -0.232. The number of hydrogen-bond acceptors (Lipinski definition) is 6. The Morgan fingerprint density at radius 1 is 1.09 bits per heavy atom. The Kier molecular flexibility index (Phi) is 4.69. The van der Waals surface area contributed by atoms with E-state index in [1.54, 1.807) is 18.2 Å². The summed E-state index contributed by atoms with van der Waals surface area (Å²) in [7, 11) is 0. The molecule has 164 valence electrons. The predicted molar refractivity (Wildman–Crippen MR) is 111 cm³/mol. The van der Waals surface area contributed by atoms with E-state index < -0.39 is 36.0 Å². The van der Waals surface area contributed by atoms with Gasteiger partial charge in [0, 0.05) is 11.8 Å². The molecule has 1 spiro atoms. The second kappa shape index (κ2) is 7.56. The molecular weight excluding hydrogens is 416 g/mol. The van der Waals surface area contributed by atoms with Crippen LogP contribution >= 0.6 is 0 Å². The van der Waals surface area contributed by atoms with Crippen molar-refractivity contribution in [3.05, 3.63) is 53.6 Å². The van der Waals surface area contributed by atoms with Gasteiger partial charge in [-0.15, -0.1) is 0 Å². The summed E-state index contributed by atoms with van der Waals surface area (Å²) in [6.45, 7) is -0.468. The number of nitrogens with one attached hydrogen (secondary N) is 3. The van der Waals surface area contributed by atoms with Crippen LogP contribution in [-0.4, -0.2) is 42.1 Å². The minimum Gasteiger partial charge on any atom is -0.454 e. The number of hydrogen-bond donors (Lipinski definition) is 3. The zero-order valence-electron chi connectivity index (χ0n) is 17.0. The molecule has 1 atom stereocenters. The molecule has 32 heavy (non-hydrogen) atoms. The van der Waals surface area contributed by atoms with Gasteiger partial charge in [0.2, 0.25) is 12.7 Å². The molecule has 0 aromatic heterocycles. The third-order valence-corrected chi connectivity index (χ3v) is 5.84. The number of nitrogens with zero attached hydrogens (tertiary/aromatic N) is 1. The van der Waals surface area contributed by atoms with Crippen molar-refractivity contribution in [1.82, 2.24) is 15.5 Å². The Morgan fingerprint density at radius 3 is 2.78 bits per heavy atom. The lowest BCUT2D eigenvalue weighted by atomic mass is 9.76. The first-order valence-electron chi connectivity index (χ1n) is 10.2. The molecular formula is C22H20N4O6. The van der Waals surface area contributed by atoms with Gasteiger partial charge in [-0.25, -0.2) is 9.59 Å². The normalized spacial score (nSPS) is 20.7. The van der Waals surface area contributed by atoms with Crippen molar-refractivity contribution < 1.29 is 28.7 Å². The highest BCUT2D eigenvalue weighted by Crippen LogP contribution is 2.39. The van der Waals surface area contributed by atoms with Gasteiger partial charge in [0.05, 0.1) is 0 Å². The van der Waals surface area contributed by atoms with E-state index in [2.05, 4.69) is 16.0 Å². The van der Waals surface area contributed by atoms with E-state index >= 15 is 0 Å². The molecule has 3 aliphatic rings. The lowest BCUT2D eigenvalue weighted by Crippen LogP contribution is -2.47. The summed E-state index contributed by atoms with van der Waals surface area (Å²) >= 11 is 0. The number of amides is 6. The fourth-order valence-electron chi connectivity index (χ4n) is 4.40. The first kappa shape index (κ1) is 19.9. The summed E-state index contributed by atoms with van der Waals surface area (Å²) in [6, 6.07) is 10.8. The smallest absolute Gasteiger partial charge is 0.325 e. The van der Waals surface area contributed by atoms with Crippen molar-refractivity contribution in [2.24, 2.45) is 0 Å². The lowest BCUT2D eigenvalue weighted by Gasteiger charge is -2.33. The number of rotatable bonds is 3. The standard InChI is InChI=1S/C22H20N4O6/c27-18(24-20(29)23-14-7-8-16-17(10-14)32-12-31-16)11-26-19(28)22(25-21(26)30)9-3-5-13-4-1-2-6-15(13)22/h1-2,4,6-8,10H,3,5,9,11-12H2,(H,25,30)(H2,23,24,27,29). The number of aryl methyl sites for hydroxylation is 1. The van der Waals surface area contributed by atoms with E-state index in [1.807, 2.05) is 24.3 Å². The van der Waals surface area contributed by atoms with Crippen LogP contribution in [0.25, 0.3) is 0 Å². The van der Waals surface area contributed by atoms with Gasteiger partial charge in [0.25, 0.3) is 5.91 Å². The van der Waals surface area contributed by atoms with E-state index in [4.69, 9.17) is 9.47 Å². The minimum absolute atomic E-state index is 0.0986. The molecule has 1 fully saturated rings. The number of benzene rings is 2. The number of carbonyl (C=O) groups is 4. The number of ether oxygens (including phenoxy) is 2. The molecule has 2 heterocycles.